The number of allylic oxidation sites excluding steroid dienone is 8. The molecule has 0 amide bonds. The third kappa shape index (κ3) is 4.21. The molecule has 2 atom stereocenters. The minimum Gasteiger partial charge on any atom is -0.349 e. The number of rotatable bonds is 1. The molecule has 0 N–H and O–H groups in total. The summed E-state index contributed by atoms with van der Waals surface area (Å²) >= 11 is 0. The highest BCUT2D eigenvalue weighted by atomic mass is 15.5. The van der Waals surface area contributed by atoms with Crippen LogP contribution in [0.5, 0.6) is 0 Å². The van der Waals surface area contributed by atoms with Gasteiger partial charge in [0.15, 0.2) is 17.6 Å². The molecule has 10 heteroatoms. The van der Waals surface area contributed by atoms with Crippen molar-refractivity contribution in [1.29, 1.82) is 0 Å². The molecule has 0 fully saturated rings. The van der Waals surface area contributed by atoms with E-state index in [-0.39, 0.29) is 12.3 Å². The van der Waals surface area contributed by atoms with Crippen molar-refractivity contribution < 1.29 is 4.68 Å². The molecule has 0 saturated carbocycles. The van der Waals surface area contributed by atoms with Gasteiger partial charge in [0.25, 0.3) is 0 Å². The summed E-state index contributed by atoms with van der Waals surface area (Å²) in [5.41, 5.74) is 13.7. The molecule has 0 radical (unpaired) electrons. The molecular formula is C35H45N10+. The second-order valence-electron chi connectivity index (χ2n) is 12.7. The molecule has 0 spiro atoms. The van der Waals surface area contributed by atoms with Gasteiger partial charge in [-0.25, -0.2) is 4.68 Å². The Bertz CT molecular complexity index is 1830. The van der Waals surface area contributed by atoms with Crippen LogP contribution in [-0.2, 0) is 27.6 Å². The van der Waals surface area contributed by atoms with Gasteiger partial charge >= 0.3 is 0 Å². The van der Waals surface area contributed by atoms with E-state index in [0.717, 1.165) is 60.0 Å². The van der Waals surface area contributed by atoms with Gasteiger partial charge in [-0.05, 0) is 65.2 Å². The first-order chi connectivity index (χ1) is 21.6. The molecule has 1 aromatic carbocycles. The zero-order valence-electron chi connectivity index (χ0n) is 27.9. The maximum Gasteiger partial charge on any atom is 0.223 e. The second kappa shape index (κ2) is 10.8. The Labute approximate surface area is 266 Å². The van der Waals surface area contributed by atoms with Gasteiger partial charge in [0.1, 0.15) is 26.0 Å². The topological polar surface area (TPSA) is 65.4 Å². The van der Waals surface area contributed by atoms with Gasteiger partial charge < -0.3 is 19.6 Å². The van der Waals surface area contributed by atoms with Crippen LogP contribution in [-0.4, -0.2) is 52.7 Å². The van der Waals surface area contributed by atoms with E-state index in [4.69, 9.17) is 16.9 Å². The third-order valence-electron chi connectivity index (χ3n) is 10.3. The molecule has 7 rings (SSSR count). The van der Waals surface area contributed by atoms with Crippen LogP contribution in [0.1, 0.15) is 76.7 Å². The molecule has 3 aromatic rings. The lowest BCUT2D eigenvalue weighted by Gasteiger charge is -2.40. The molecule has 6 heterocycles. The van der Waals surface area contributed by atoms with Crippen molar-refractivity contribution in [2.24, 2.45) is 21.1 Å². The van der Waals surface area contributed by atoms with Crippen molar-refractivity contribution in [3.8, 4) is 11.4 Å². The summed E-state index contributed by atoms with van der Waals surface area (Å²) in [7, 11) is 6.05. The van der Waals surface area contributed by atoms with Crippen LogP contribution in [0.4, 0.5) is 5.69 Å². The maximum absolute atomic E-state index is 4.87. The number of benzene rings is 1. The number of anilines is 1. The van der Waals surface area contributed by atoms with E-state index in [2.05, 4.69) is 102 Å². The zero-order valence-corrected chi connectivity index (χ0v) is 27.9. The van der Waals surface area contributed by atoms with Crippen LogP contribution in [0.15, 0.2) is 83.1 Å². The molecule has 234 valence electrons. The van der Waals surface area contributed by atoms with E-state index < -0.39 is 0 Å². The van der Waals surface area contributed by atoms with Gasteiger partial charge in [0.2, 0.25) is 5.69 Å². The predicted octanol–water partition coefficient (Wildman–Crippen LogP) is 5.35. The molecule has 10 nitrogen and oxygen atoms in total. The van der Waals surface area contributed by atoms with Crippen molar-refractivity contribution in [3.05, 3.63) is 100 Å². The highest BCUT2D eigenvalue weighted by molar-refractivity contribution is 5.67. The van der Waals surface area contributed by atoms with Crippen molar-refractivity contribution >= 4 is 5.69 Å². The summed E-state index contributed by atoms with van der Waals surface area (Å²) in [5, 5.41) is 14.4. The summed E-state index contributed by atoms with van der Waals surface area (Å²) in [6.07, 6.45) is 9.08. The predicted molar refractivity (Wildman–Crippen MR) is 176 cm³/mol. The number of fused-ring (bicyclic) bond motifs is 3. The Balaban J connectivity index is 1.62. The third-order valence-corrected chi connectivity index (χ3v) is 10.3. The number of hydrogen-bond donors (Lipinski definition) is 0. The number of aryl methyl sites for hydroxylation is 3. The Hall–Kier alpha value is -4.60. The SMILES string of the molecule is C=C1Cc2c([n+](C)nn2C)-c2nnn(C)c2C2N3CCCCN4C(C)=C(C)N(/C1=C/C=C\C)C4c1ccccc1N2C(C)=C3C. The molecule has 0 aliphatic carbocycles. The molecule has 4 aliphatic rings. The van der Waals surface area contributed by atoms with Crippen molar-refractivity contribution in [1.82, 2.24) is 39.6 Å². The standard InChI is InChI=1S/C35H45N10/c1-10-11-17-28-22(2)21-30-32(41(9)38-39(30)7)31-33(40(8)37-36-31)35-43-20-15-14-19-42-23(3)25(5)44(28)34(42)27-16-12-13-18-29(27)45(35)26(6)24(43)4/h10-13,16-18,34-35H,2,14-15,19-21H2,1,3-9H3/q+1/b11-10-,28-17+. The van der Waals surface area contributed by atoms with Crippen LogP contribution >= 0.6 is 0 Å². The molecule has 2 unspecified atom stereocenters. The summed E-state index contributed by atoms with van der Waals surface area (Å²) in [4.78, 5) is 10.3. The molecule has 4 bridgehead atoms. The molecule has 45 heavy (non-hydrogen) atoms. The van der Waals surface area contributed by atoms with Crippen molar-refractivity contribution in [2.75, 3.05) is 18.0 Å². The number of para-hydroxylation sites is 1. The monoisotopic (exact) mass is 605 g/mol. The van der Waals surface area contributed by atoms with Crippen LogP contribution in [0, 0.1) is 0 Å². The lowest BCUT2D eigenvalue weighted by Crippen LogP contribution is -2.37. The maximum atomic E-state index is 4.87. The van der Waals surface area contributed by atoms with E-state index in [1.165, 1.54) is 34.0 Å². The van der Waals surface area contributed by atoms with Gasteiger partial charge in [-0.2, -0.15) is 0 Å². The first kappa shape index (κ1) is 29.1. The fraction of sp³-hybridized carbons (Fsp3) is 0.429. The Kier molecular flexibility index (Phi) is 6.98. The fourth-order valence-corrected chi connectivity index (χ4v) is 7.85. The smallest absolute Gasteiger partial charge is 0.223 e. The average Bonchev–Trinajstić information content (AvgIpc) is 3.66. The van der Waals surface area contributed by atoms with Gasteiger partial charge in [0, 0.05) is 60.6 Å². The van der Waals surface area contributed by atoms with Crippen LogP contribution < -0.4 is 9.58 Å². The number of aromatic nitrogens is 6. The molecule has 0 saturated heterocycles. The molecule has 2 aromatic heterocycles. The van der Waals surface area contributed by atoms with E-state index in [1.54, 1.807) is 0 Å². The summed E-state index contributed by atoms with van der Waals surface area (Å²) in [6, 6.07) is 8.98. The lowest BCUT2D eigenvalue weighted by atomic mass is 10.0. The molecular weight excluding hydrogens is 560 g/mol. The van der Waals surface area contributed by atoms with Crippen LogP contribution in [0.3, 0.4) is 0 Å². The Morgan fingerprint density at radius 2 is 1.56 bits per heavy atom. The van der Waals surface area contributed by atoms with Crippen LogP contribution in [0.2, 0.25) is 0 Å². The van der Waals surface area contributed by atoms with Gasteiger partial charge in [0.05, 0.1) is 10.9 Å². The average molecular weight is 606 g/mol. The minimum atomic E-state index is -0.118. The Morgan fingerprint density at radius 1 is 0.889 bits per heavy atom. The number of hydrogen-bond acceptors (Lipinski definition) is 7. The first-order valence-corrected chi connectivity index (χ1v) is 16.0. The van der Waals surface area contributed by atoms with Crippen LogP contribution in [0.25, 0.3) is 11.4 Å². The highest BCUT2D eigenvalue weighted by Crippen LogP contribution is 2.51. The minimum absolute atomic E-state index is 0.0256. The van der Waals surface area contributed by atoms with E-state index >= 15 is 0 Å². The van der Waals surface area contributed by atoms with E-state index in [9.17, 15) is 0 Å². The summed E-state index contributed by atoms with van der Waals surface area (Å²) in [5.74, 6) is 0. The quantitative estimate of drug-likeness (QED) is 0.347. The van der Waals surface area contributed by atoms with Crippen molar-refractivity contribution in [2.45, 2.75) is 66.2 Å². The van der Waals surface area contributed by atoms with Gasteiger partial charge in [-0.3, -0.25) is 0 Å². The fourth-order valence-electron chi connectivity index (χ4n) is 7.85. The zero-order chi connectivity index (χ0) is 31.7. The largest absolute Gasteiger partial charge is 0.349 e. The summed E-state index contributed by atoms with van der Waals surface area (Å²) in [6.45, 7) is 17.8. The molecule has 4 aliphatic heterocycles. The van der Waals surface area contributed by atoms with E-state index in [0.29, 0.717) is 6.42 Å². The first-order valence-electron chi connectivity index (χ1n) is 16.0. The lowest BCUT2D eigenvalue weighted by molar-refractivity contribution is -0.722. The van der Waals surface area contributed by atoms with E-state index in [1.807, 2.05) is 35.2 Å². The Morgan fingerprint density at radius 3 is 2.27 bits per heavy atom. The number of nitrogens with zero attached hydrogens (tertiary/aromatic N) is 10. The van der Waals surface area contributed by atoms with Gasteiger partial charge in [-0.15, -0.1) is 14.5 Å². The normalized spacial score (nSPS) is 22.8. The summed E-state index contributed by atoms with van der Waals surface area (Å²) < 4.78 is 5.90. The second-order valence-corrected chi connectivity index (χ2v) is 12.7. The highest BCUT2D eigenvalue weighted by Gasteiger charge is 2.46. The van der Waals surface area contributed by atoms with Gasteiger partial charge in [-0.1, -0.05) is 42.1 Å². The van der Waals surface area contributed by atoms with Crippen molar-refractivity contribution in [3.63, 3.8) is 0 Å².